The maximum Gasteiger partial charge on any atom is 0.0564 e. The average Bonchev–Trinajstić information content (AvgIpc) is 2.16. The molecule has 0 aromatic carbocycles. The van der Waals surface area contributed by atoms with Gasteiger partial charge in [-0.1, -0.05) is 0 Å². The lowest BCUT2D eigenvalue weighted by atomic mass is 10.1. The number of nitrogens with one attached hydrogen (secondary N) is 2. The minimum absolute atomic E-state index is 0.420. The SMILES string of the molecule is CC(CC(C)NC(C)N(C)C)NC(C)N(C)C. The van der Waals surface area contributed by atoms with E-state index in [2.05, 4.69) is 76.3 Å². The van der Waals surface area contributed by atoms with Gasteiger partial charge < -0.3 is 0 Å². The van der Waals surface area contributed by atoms with E-state index in [-0.39, 0.29) is 0 Å². The summed E-state index contributed by atoms with van der Waals surface area (Å²) in [5.74, 6) is 0. The third kappa shape index (κ3) is 7.71. The van der Waals surface area contributed by atoms with Crippen molar-refractivity contribution in [2.24, 2.45) is 0 Å². The summed E-state index contributed by atoms with van der Waals surface area (Å²) in [5.41, 5.74) is 0. The van der Waals surface area contributed by atoms with Crippen molar-refractivity contribution in [1.29, 1.82) is 0 Å². The molecule has 104 valence electrons. The van der Waals surface area contributed by atoms with Crippen LogP contribution in [0.5, 0.6) is 0 Å². The zero-order valence-electron chi connectivity index (χ0n) is 12.9. The van der Waals surface area contributed by atoms with E-state index in [1.54, 1.807) is 0 Å². The molecule has 0 bridgehead atoms. The van der Waals surface area contributed by atoms with Gasteiger partial charge in [0.15, 0.2) is 0 Å². The summed E-state index contributed by atoms with van der Waals surface area (Å²) >= 11 is 0. The second-order valence-electron chi connectivity index (χ2n) is 5.65. The lowest BCUT2D eigenvalue weighted by molar-refractivity contribution is 0.215. The van der Waals surface area contributed by atoms with Crippen molar-refractivity contribution in [3.8, 4) is 0 Å². The van der Waals surface area contributed by atoms with Crippen molar-refractivity contribution >= 4 is 0 Å². The van der Waals surface area contributed by atoms with Gasteiger partial charge in [0, 0.05) is 12.1 Å². The Hall–Kier alpha value is -0.160. The van der Waals surface area contributed by atoms with E-state index in [9.17, 15) is 0 Å². The van der Waals surface area contributed by atoms with Gasteiger partial charge in [0.25, 0.3) is 0 Å². The molecule has 0 saturated heterocycles. The van der Waals surface area contributed by atoms with Gasteiger partial charge in [0.2, 0.25) is 0 Å². The molecule has 2 N–H and O–H groups in total. The molecule has 0 aromatic rings. The van der Waals surface area contributed by atoms with E-state index in [4.69, 9.17) is 0 Å². The Morgan fingerprint density at radius 1 is 0.706 bits per heavy atom. The molecule has 0 amide bonds. The minimum Gasteiger partial charge on any atom is -0.299 e. The molecular weight excluding hydrogens is 212 g/mol. The number of rotatable bonds is 8. The highest BCUT2D eigenvalue weighted by molar-refractivity contribution is 4.73. The van der Waals surface area contributed by atoms with E-state index in [1.165, 1.54) is 0 Å². The van der Waals surface area contributed by atoms with Gasteiger partial charge in [-0.3, -0.25) is 20.4 Å². The zero-order valence-corrected chi connectivity index (χ0v) is 12.9. The van der Waals surface area contributed by atoms with Crippen molar-refractivity contribution in [2.45, 2.75) is 58.5 Å². The highest BCUT2D eigenvalue weighted by atomic mass is 15.2. The van der Waals surface area contributed by atoms with Crippen molar-refractivity contribution < 1.29 is 0 Å². The predicted octanol–water partition coefficient (Wildman–Crippen LogP) is 1.15. The second kappa shape index (κ2) is 8.03. The predicted molar refractivity (Wildman–Crippen MR) is 76.1 cm³/mol. The summed E-state index contributed by atoms with van der Waals surface area (Å²) in [6.07, 6.45) is 1.98. The standard InChI is InChI=1S/C13H32N4/c1-10(14-12(3)16(5)6)9-11(2)15-13(4)17(7)8/h10-15H,9H2,1-8H3. The fourth-order valence-corrected chi connectivity index (χ4v) is 1.79. The van der Waals surface area contributed by atoms with Crippen molar-refractivity contribution in [3.63, 3.8) is 0 Å². The maximum atomic E-state index is 3.58. The first kappa shape index (κ1) is 16.8. The normalized spacial score (nSPS) is 19.4. The van der Waals surface area contributed by atoms with Gasteiger partial charge in [0.05, 0.1) is 12.3 Å². The Morgan fingerprint density at radius 2 is 1.00 bits per heavy atom. The topological polar surface area (TPSA) is 30.5 Å². The quantitative estimate of drug-likeness (QED) is 0.627. The van der Waals surface area contributed by atoms with Gasteiger partial charge in [0.1, 0.15) is 0 Å². The highest BCUT2D eigenvalue weighted by Gasteiger charge is 2.14. The summed E-state index contributed by atoms with van der Waals surface area (Å²) < 4.78 is 0. The largest absolute Gasteiger partial charge is 0.299 e. The molecule has 4 nitrogen and oxygen atoms in total. The second-order valence-corrected chi connectivity index (χ2v) is 5.65. The zero-order chi connectivity index (χ0) is 13.6. The lowest BCUT2D eigenvalue weighted by Crippen LogP contribution is -2.48. The van der Waals surface area contributed by atoms with Crippen LogP contribution in [0, 0.1) is 0 Å². The molecule has 0 fully saturated rings. The van der Waals surface area contributed by atoms with Crippen LogP contribution in [0.1, 0.15) is 34.1 Å². The summed E-state index contributed by atoms with van der Waals surface area (Å²) in [6.45, 7) is 8.88. The first-order valence-electron chi connectivity index (χ1n) is 6.59. The van der Waals surface area contributed by atoms with E-state index in [0.717, 1.165) is 6.42 Å². The molecule has 0 heterocycles. The van der Waals surface area contributed by atoms with Crippen molar-refractivity contribution in [1.82, 2.24) is 20.4 Å². The maximum absolute atomic E-state index is 3.58. The summed E-state index contributed by atoms with van der Waals surface area (Å²) in [5, 5.41) is 7.17. The molecule has 4 heteroatoms. The first-order valence-corrected chi connectivity index (χ1v) is 6.59. The van der Waals surface area contributed by atoms with Crippen LogP contribution >= 0.6 is 0 Å². The third-order valence-electron chi connectivity index (χ3n) is 3.31. The fraction of sp³-hybridized carbons (Fsp3) is 1.00. The Morgan fingerprint density at radius 3 is 1.24 bits per heavy atom. The van der Waals surface area contributed by atoms with Crippen LogP contribution in [0.2, 0.25) is 0 Å². The third-order valence-corrected chi connectivity index (χ3v) is 3.31. The van der Waals surface area contributed by atoms with Gasteiger partial charge in [-0.05, 0) is 62.3 Å². The number of nitrogens with zero attached hydrogens (tertiary/aromatic N) is 2. The monoisotopic (exact) mass is 244 g/mol. The van der Waals surface area contributed by atoms with Crippen LogP contribution in [-0.2, 0) is 0 Å². The van der Waals surface area contributed by atoms with Gasteiger partial charge in [-0.15, -0.1) is 0 Å². The number of hydrogen-bond donors (Lipinski definition) is 2. The summed E-state index contributed by atoms with van der Waals surface area (Å²) in [4.78, 5) is 4.38. The van der Waals surface area contributed by atoms with E-state index >= 15 is 0 Å². The first-order chi connectivity index (χ1) is 7.73. The molecule has 0 aromatic heterocycles. The molecule has 0 aliphatic carbocycles. The molecule has 0 aliphatic rings. The van der Waals surface area contributed by atoms with Crippen LogP contribution in [0.3, 0.4) is 0 Å². The summed E-state index contributed by atoms with van der Waals surface area (Å²) in [7, 11) is 8.39. The molecule has 4 unspecified atom stereocenters. The van der Waals surface area contributed by atoms with Crippen LogP contribution in [0.15, 0.2) is 0 Å². The Balaban J connectivity index is 3.91. The lowest BCUT2D eigenvalue weighted by Gasteiger charge is -2.30. The van der Waals surface area contributed by atoms with Crippen LogP contribution in [0.4, 0.5) is 0 Å². The summed E-state index contributed by atoms with van der Waals surface area (Å²) in [6, 6.07) is 1.04. The molecular formula is C13H32N4. The molecule has 17 heavy (non-hydrogen) atoms. The van der Waals surface area contributed by atoms with Crippen molar-refractivity contribution in [2.75, 3.05) is 28.2 Å². The van der Waals surface area contributed by atoms with Crippen LogP contribution < -0.4 is 10.6 Å². The molecule has 0 saturated carbocycles. The molecule has 0 radical (unpaired) electrons. The molecule has 0 spiro atoms. The van der Waals surface area contributed by atoms with Crippen LogP contribution in [-0.4, -0.2) is 62.4 Å². The van der Waals surface area contributed by atoms with E-state index in [1.807, 2.05) is 0 Å². The Kier molecular flexibility index (Phi) is 7.96. The van der Waals surface area contributed by atoms with E-state index < -0.39 is 0 Å². The Labute approximate surface area is 108 Å². The minimum atomic E-state index is 0.420. The smallest absolute Gasteiger partial charge is 0.0564 e. The molecule has 0 rings (SSSR count). The van der Waals surface area contributed by atoms with Crippen LogP contribution in [0.25, 0.3) is 0 Å². The highest BCUT2D eigenvalue weighted by Crippen LogP contribution is 2.01. The molecule has 4 atom stereocenters. The Bertz CT molecular complexity index is 174. The van der Waals surface area contributed by atoms with E-state index in [0.29, 0.717) is 24.4 Å². The fourth-order valence-electron chi connectivity index (χ4n) is 1.79. The number of hydrogen-bond acceptors (Lipinski definition) is 4. The van der Waals surface area contributed by atoms with Gasteiger partial charge in [-0.2, -0.15) is 0 Å². The van der Waals surface area contributed by atoms with Gasteiger partial charge in [-0.25, -0.2) is 0 Å². The molecule has 0 aliphatic heterocycles. The average molecular weight is 244 g/mol. The van der Waals surface area contributed by atoms with Gasteiger partial charge >= 0.3 is 0 Å². The van der Waals surface area contributed by atoms with Crippen molar-refractivity contribution in [3.05, 3.63) is 0 Å².